The van der Waals surface area contributed by atoms with Crippen molar-refractivity contribution in [2.45, 2.75) is 26.8 Å². The van der Waals surface area contributed by atoms with E-state index >= 15 is 0 Å². The number of carbonyl (C=O) groups is 1. The average molecular weight is 429 g/mol. The second-order valence-electron chi connectivity index (χ2n) is 8.04. The van der Waals surface area contributed by atoms with Crippen molar-refractivity contribution in [2.24, 2.45) is 0 Å². The fourth-order valence-electron chi connectivity index (χ4n) is 3.95. The highest BCUT2D eigenvalue weighted by Crippen LogP contribution is 2.27. The normalized spacial score (nSPS) is 10.9. The summed E-state index contributed by atoms with van der Waals surface area (Å²) in [5, 5.41) is 4.11. The van der Waals surface area contributed by atoms with E-state index in [4.69, 9.17) is 9.47 Å². The Balaban J connectivity index is 1.60. The van der Waals surface area contributed by atoms with Crippen molar-refractivity contribution in [1.82, 2.24) is 4.57 Å². The summed E-state index contributed by atoms with van der Waals surface area (Å²) in [7, 11) is 3.30. The van der Waals surface area contributed by atoms with Crippen molar-refractivity contribution < 1.29 is 14.3 Å². The third-order valence-electron chi connectivity index (χ3n) is 5.78. The molecule has 1 aromatic heterocycles. The van der Waals surface area contributed by atoms with Gasteiger partial charge in [0.1, 0.15) is 11.5 Å². The molecule has 0 aliphatic heterocycles. The number of carbonyl (C=O) groups excluding carboxylic acids is 1. The van der Waals surface area contributed by atoms with Gasteiger partial charge in [-0.3, -0.25) is 4.79 Å². The van der Waals surface area contributed by atoms with Crippen LogP contribution in [0.15, 0.2) is 66.9 Å². The van der Waals surface area contributed by atoms with Crippen LogP contribution in [-0.2, 0) is 17.8 Å². The van der Waals surface area contributed by atoms with Gasteiger partial charge in [-0.1, -0.05) is 24.3 Å². The topological polar surface area (TPSA) is 52.5 Å². The summed E-state index contributed by atoms with van der Waals surface area (Å²) in [6.07, 6.45) is 2.37. The Morgan fingerprint density at radius 2 is 1.62 bits per heavy atom. The van der Waals surface area contributed by atoms with Crippen molar-refractivity contribution in [2.75, 3.05) is 19.5 Å². The number of nitrogens with zero attached hydrogens (tertiary/aromatic N) is 1. The number of para-hydroxylation sites is 1. The zero-order chi connectivity index (χ0) is 22.7. The van der Waals surface area contributed by atoms with Crippen molar-refractivity contribution in [3.63, 3.8) is 0 Å². The number of nitrogens with one attached hydrogen (secondary N) is 1. The zero-order valence-electron chi connectivity index (χ0n) is 18.9. The molecule has 0 aliphatic rings. The summed E-state index contributed by atoms with van der Waals surface area (Å²) >= 11 is 0. The first-order valence-electron chi connectivity index (χ1n) is 10.6. The second kappa shape index (κ2) is 9.18. The van der Waals surface area contributed by atoms with E-state index in [-0.39, 0.29) is 5.91 Å². The van der Waals surface area contributed by atoms with E-state index in [0.717, 1.165) is 44.8 Å². The molecule has 32 heavy (non-hydrogen) atoms. The molecule has 0 unspecified atom stereocenters. The van der Waals surface area contributed by atoms with Crippen LogP contribution in [0.1, 0.15) is 22.3 Å². The molecule has 164 valence electrons. The number of hydrogen-bond acceptors (Lipinski definition) is 3. The minimum Gasteiger partial charge on any atom is -0.497 e. The molecule has 4 aromatic rings. The van der Waals surface area contributed by atoms with Crippen molar-refractivity contribution in [1.29, 1.82) is 0 Å². The van der Waals surface area contributed by atoms with E-state index < -0.39 is 0 Å². The van der Waals surface area contributed by atoms with Crippen molar-refractivity contribution >= 4 is 22.5 Å². The average Bonchev–Trinajstić information content (AvgIpc) is 3.13. The molecule has 5 nitrogen and oxygen atoms in total. The fraction of sp³-hybridized carbons (Fsp3) is 0.222. The highest BCUT2D eigenvalue weighted by Gasteiger charge is 2.13. The molecule has 5 heteroatoms. The van der Waals surface area contributed by atoms with Gasteiger partial charge in [0.2, 0.25) is 5.91 Å². The number of anilines is 1. The van der Waals surface area contributed by atoms with Gasteiger partial charge >= 0.3 is 0 Å². The number of aryl methyl sites for hydroxylation is 2. The Morgan fingerprint density at radius 1 is 0.906 bits per heavy atom. The fourth-order valence-corrected chi connectivity index (χ4v) is 3.95. The maximum absolute atomic E-state index is 12.8. The van der Waals surface area contributed by atoms with E-state index in [9.17, 15) is 4.79 Å². The number of aromatic nitrogens is 1. The first kappa shape index (κ1) is 21.5. The number of fused-ring (bicyclic) bond motifs is 1. The quantitative estimate of drug-likeness (QED) is 0.423. The first-order chi connectivity index (χ1) is 15.5. The highest BCUT2D eigenvalue weighted by atomic mass is 16.5. The summed E-state index contributed by atoms with van der Waals surface area (Å²) in [5.74, 6) is 1.48. The summed E-state index contributed by atoms with van der Waals surface area (Å²) in [6, 6.07) is 20.0. The predicted octanol–water partition coefficient (Wildman–Crippen LogP) is 5.50. The Morgan fingerprint density at radius 3 is 2.31 bits per heavy atom. The van der Waals surface area contributed by atoms with E-state index in [0.29, 0.717) is 13.0 Å². The largest absolute Gasteiger partial charge is 0.497 e. The van der Waals surface area contributed by atoms with E-state index in [1.807, 2.05) is 55.5 Å². The van der Waals surface area contributed by atoms with Crippen LogP contribution in [0.25, 0.3) is 10.9 Å². The smallest absolute Gasteiger partial charge is 0.228 e. The van der Waals surface area contributed by atoms with Crippen LogP contribution < -0.4 is 14.8 Å². The van der Waals surface area contributed by atoms with Gasteiger partial charge < -0.3 is 19.4 Å². The second-order valence-corrected chi connectivity index (χ2v) is 8.04. The van der Waals surface area contributed by atoms with Gasteiger partial charge in [-0.15, -0.1) is 0 Å². The zero-order valence-corrected chi connectivity index (χ0v) is 18.9. The summed E-state index contributed by atoms with van der Waals surface area (Å²) in [6.45, 7) is 4.76. The maximum Gasteiger partial charge on any atom is 0.228 e. The molecule has 3 aromatic carbocycles. The molecule has 1 N–H and O–H groups in total. The third kappa shape index (κ3) is 4.62. The number of hydrogen-bond donors (Lipinski definition) is 1. The van der Waals surface area contributed by atoms with Crippen LogP contribution in [0.2, 0.25) is 0 Å². The number of benzene rings is 3. The molecule has 0 saturated heterocycles. The van der Waals surface area contributed by atoms with E-state index in [1.165, 1.54) is 5.56 Å². The molecule has 0 spiro atoms. The Labute approximate surface area is 188 Å². The monoisotopic (exact) mass is 428 g/mol. The highest BCUT2D eigenvalue weighted by molar-refractivity contribution is 5.96. The third-order valence-corrected chi connectivity index (χ3v) is 5.78. The van der Waals surface area contributed by atoms with Crippen LogP contribution in [-0.4, -0.2) is 24.7 Å². The predicted molar refractivity (Wildman–Crippen MR) is 129 cm³/mol. The Hall–Kier alpha value is -3.73. The van der Waals surface area contributed by atoms with Gasteiger partial charge in [-0.25, -0.2) is 0 Å². The van der Waals surface area contributed by atoms with Crippen LogP contribution >= 0.6 is 0 Å². The molecule has 1 amide bonds. The van der Waals surface area contributed by atoms with Crippen molar-refractivity contribution in [3.8, 4) is 11.5 Å². The molecule has 4 rings (SSSR count). The van der Waals surface area contributed by atoms with Gasteiger partial charge in [0.05, 0.1) is 20.6 Å². The lowest BCUT2D eigenvalue weighted by atomic mass is 10.1. The molecule has 1 heterocycles. The van der Waals surface area contributed by atoms with Gasteiger partial charge in [-0.2, -0.15) is 0 Å². The Kier molecular flexibility index (Phi) is 6.17. The lowest BCUT2D eigenvalue weighted by molar-refractivity contribution is -0.115. The van der Waals surface area contributed by atoms with Gasteiger partial charge in [0.25, 0.3) is 0 Å². The molecule has 0 saturated carbocycles. The first-order valence-corrected chi connectivity index (χ1v) is 10.6. The molecular weight excluding hydrogens is 400 g/mol. The van der Waals surface area contributed by atoms with E-state index in [2.05, 4.69) is 35.1 Å². The van der Waals surface area contributed by atoms with E-state index in [1.54, 1.807) is 14.2 Å². The molecule has 0 bridgehead atoms. The summed E-state index contributed by atoms with van der Waals surface area (Å²) in [4.78, 5) is 12.8. The van der Waals surface area contributed by atoms with Crippen molar-refractivity contribution in [3.05, 3.63) is 89.1 Å². The number of amides is 1. The lowest BCUT2D eigenvalue weighted by Gasteiger charge is -2.10. The summed E-state index contributed by atoms with van der Waals surface area (Å²) in [5.41, 5.74) is 6.34. The van der Waals surface area contributed by atoms with Crippen LogP contribution in [0, 0.1) is 13.8 Å². The standard InChI is InChI=1S/C27H28N2O3/c1-18-9-10-22(11-19(18)2)28-27(30)14-21-17-29(26-8-6-5-7-25(21)26)16-20-12-23(31-3)15-24(13-20)32-4/h5-13,15,17H,14,16H2,1-4H3,(H,28,30). The van der Waals surface area contributed by atoms with Gasteiger partial charge in [-0.05, 0) is 66.4 Å². The molecule has 0 radical (unpaired) electrons. The Bertz CT molecular complexity index is 1250. The summed E-state index contributed by atoms with van der Waals surface area (Å²) < 4.78 is 13.0. The van der Waals surface area contributed by atoms with Crippen LogP contribution in [0.4, 0.5) is 5.69 Å². The maximum atomic E-state index is 12.8. The van der Waals surface area contributed by atoms with Gasteiger partial charge in [0, 0.05) is 35.4 Å². The number of methoxy groups -OCH3 is 2. The number of ether oxygens (including phenoxy) is 2. The SMILES string of the molecule is COc1cc(Cn2cc(CC(=O)Nc3ccc(C)c(C)c3)c3ccccc32)cc(OC)c1. The molecular formula is C27H28N2O3. The molecule has 0 aliphatic carbocycles. The minimum atomic E-state index is -0.0285. The molecule has 0 fully saturated rings. The molecule has 0 atom stereocenters. The van der Waals surface area contributed by atoms with Crippen LogP contribution in [0.3, 0.4) is 0 Å². The minimum absolute atomic E-state index is 0.0285. The van der Waals surface area contributed by atoms with Gasteiger partial charge in [0.15, 0.2) is 0 Å². The lowest BCUT2D eigenvalue weighted by Crippen LogP contribution is -2.14. The van der Waals surface area contributed by atoms with Crippen LogP contribution in [0.5, 0.6) is 11.5 Å². The number of rotatable bonds is 7.